The first-order valence-corrected chi connectivity index (χ1v) is 8.18. The van der Waals surface area contributed by atoms with Gasteiger partial charge in [0.05, 0.1) is 19.3 Å². The number of hydrogen-bond donors (Lipinski definition) is 1. The Labute approximate surface area is 142 Å². The summed E-state index contributed by atoms with van der Waals surface area (Å²) in [6.45, 7) is 4.70. The van der Waals surface area contributed by atoms with E-state index in [-0.39, 0.29) is 18.4 Å². The number of nitrogens with two attached hydrogens (primary N) is 1. The quantitative estimate of drug-likeness (QED) is 0.743. The Hall–Kier alpha value is -2.28. The Morgan fingerprint density at radius 2 is 2.12 bits per heavy atom. The van der Waals surface area contributed by atoms with Crippen LogP contribution in [0.3, 0.4) is 0 Å². The highest BCUT2D eigenvalue weighted by Gasteiger charge is 2.28. The molecular weight excluding hydrogens is 310 g/mol. The van der Waals surface area contributed by atoms with Crippen LogP contribution < -0.4 is 15.2 Å². The first-order chi connectivity index (χ1) is 11.6. The lowest BCUT2D eigenvalue weighted by atomic mass is 10.1. The Morgan fingerprint density at radius 3 is 2.75 bits per heavy atom. The number of hydrogen-bond acceptors (Lipinski definition) is 5. The fraction of sp³-hybridized carbons (Fsp3) is 0.529. The number of amides is 2. The van der Waals surface area contributed by atoms with Crippen LogP contribution in [0.15, 0.2) is 18.2 Å². The largest absolute Gasteiger partial charge is 0.497 e. The van der Waals surface area contributed by atoms with Crippen molar-refractivity contribution in [2.24, 2.45) is 5.73 Å². The van der Waals surface area contributed by atoms with Crippen molar-refractivity contribution in [2.45, 2.75) is 13.3 Å². The molecule has 0 aliphatic carbocycles. The lowest BCUT2D eigenvalue weighted by Gasteiger charge is -2.34. The van der Waals surface area contributed by atoms with Crippen molar-refractivity contribution >= 4 is 11.8 Å². The van der Waals surface area contributed by atoms with Crippen LogP contribution in [-0.4, -0.2) is 68.1 Å². The van der Waals surface area contributed by atoms with Gasteiger partial charge in [0.1, 0.15) is 18.0 Å². The summed E-state index contributed by atoms with van der Waals surface area (Å²) >= 11 is 0. The van der Waals surface area contributed by atoms with Gasteiger partial charge in [-0.1, -0.05) is 0 Å². The second-order valence-corrected chi connectivity index (χ2v) is 5.55. The van der Waals surface area contributed by atoms with Crippen LogP contribution in [0.2, 0.25) is 0 Å². The van der Waals surface area contributed by atoms with Crippen molar-refractivity contribution in [3.8, 4) is 11.5 Å². The Bertz CT molecular complexity index is 591. The standard InChI is InChI=1S/C17H25N3O4/c1-3-19-8-9-20(12-16(19)21)17(22)14-11-13(23-2)5-6-15(14)24-10-4-7-18/h5-6,11H,3-4,7-10,12,18H2,1-2H3. The molecule has 0 unspecified atom stereocenters. The molecule has 1 heterocycles. The predicted molar refractivity (Wildman–Crippen MR) is 90.3 cm³/mol. The lowest BCUT2D eigenvalue weighted by molar-refractivity contribution is -0.134. The first kappa shape index (κ1) is 18.1. The maximum Gasteiger partial charge on any atom is 0.258 e. The second-order valence-electron chi connectivity index (χ2n) is 5.55. The summed E-state index contributed by atoms with van der Waals surface area (Å²) in [4.78, 5) is 28.2. The highest BCUT2D eigenvalue weighted by Crippen LogP contribution is 2.26. The van der Waals surface area contributed by atoms with Crippen LogP contribution in [-0.2, 0) is 4.79 Å². The third-order valence-corrected chi connectivity index (χ3v) is 4.01. The zero-order chi connectivity index (χ0) is 17.5. The molecule has 0 radical (unpaired) electrons. The fourth-order valence-corrected chi connectivity index (χ4v) is 2.58. The summed E-state index contributed by atoms with van der Waals surface area (Å²) in [6, 6.07) is 5.11. The predicted octanol–water partition coefficient (Wildman–Crippen LogP) is 0.727. The number of carbonyl (C=O) groups excluding carboxylic acids is 2. The van der Waals surface area contributed by atoms with Gasteiger partial charge in [0.15, 0.2) is 0 Å². The van der Waals surface area contributed by atoms with E-state index in [1.807, 2.05) is 6.92 Å². The molecule has 7 heteroatoms. The van der Waals surface area contributed by atoms with Gasteiger partial charge in [-0.3, -0.25) is 9.59 Å². The van der Waals surface area contributed by atoms with Gasteiger partial charge < -0.3 is 25.0 Å². The van der Waals surface area contributed by atoms with Gasteiger partial charge in [-0.05, 0) is 38.1 Å². The minimum Gasteiger partial charge on any atom is -0.497 e. The van der Waals surface area contributed by atoms with Crippen LogP contribution in [0.4, 0.5) is 0 Å². The van der Waals surface area contributed by atoms with Gasteiger partial charge in [-0.25, -0.2) is 0 Å². The van der Waals surface area contributed by atoms with Gasteiger partial charge in [0, 0.05) is 19.6 Å². The van der Waals surface area contributed by atoms with E-state index in [0.29, 0.717) is 56.3 Å². The minimum atomic E-state index is -0.222. The van der Waals surface area contributed by atoms with E-state index in [9.17, 15) is 9.59 Å². The van der Waals surface area contributed by atoms with E-state index in [4.69, 9.17) is 15.2 Å². The number of benzene rings is 1. The van der Waals surface area contributed by atoms with Crippen LogP contribution in [0, 0.1) is 0 Å². The monoisotopic (exact) mass is 335 g/mol. The molecular formula is C17H25N3O4. The van der Waals surface area contributed by atoms with Crippen molar-refractivity contribution < 1.29 is 19.1 Å². The number of likely N-dealkylation sites (N-methyl/N-ethyl adjacent to an activating group) is 1. The Balaban J connectivity index is 2.18. The number of ether oxygens (including phenoxy) is 2. The molecule has 2 N–H and O–H groups in total. The van der Waals surface area contributed by atoms with Gasteiger partial charge in [0.2, 0.25) is 5.91 Å². The van der Waals surface area contributed by atoms with Gasteiger partial charge in [0.25, 0.3) is 5.91 Å². The van der Waals surface area contributed by atoms with E-state index in [1.165, 1.54) is 0 Å². The third-order valence-electron chi connectivity index (χ3n) is 4.01. The van der Waals surface area contributed by atoms with E-state index in [1.54, 1.807) is 35.1 Å². The SMILES string of the molecule is CCN1CCN(C(=O)c2cc(OC)ccc2OCCCN)CC1=O. The summed E-state index contributed by atoms with van der Waals surface area (Å²) in [5.74, 6) is 0.800. The maximum atomic E-state index is 12.9. The molecule has 2 rings (SSSR count). The van der Waals surface area contributed by atoms with E-state index in [2.05, 4.69) is 0 Å². The summed E-state index contributed by atoms with van der Waals surface area (Å²) in [5, 5.41) is 0. The highest BCUT2D eigenvalue weighted by molar-refractivity contribution is 5.99. The number of nitrogens with zero attached hydrogens (tertiary/aromatic N) is 2. The minimum absolute atomic E-state index is 0.0365. The molecule has 132 valence electrons. The van der Waals surface area contributed by atoms with Crippen LogP contribution >= 0.6 is 0 Å². The maximum absolute atomic E-state index is 12.9. The molecule has 1 aliphatic heterocycles. The topological polar surface area (TPSA) is 85.1 Å². The third kappa shape index (κ3) is 4.17. The van der Waals surface area contributed by atoms with Crippen molar-refractivity contribution in [2.75, 3.05) is 46.4 Å². The number of piperazine rings is 1. The lowest BCUT2D eigenvalue weighted by Crippen LogP contribution is -2.52. The molecule has 0 aromatic heterocycles. The zero-order valence-electron chi connectivity index (χ0n) is 14.3. The average Bonchev–Trinajstić information content (AvgIpc) is 2.61. The summed E-state index contributed by atoms with van der Waals surface area (Å²) in [5.41, 5.74) is 5.88. The molecule has 1 saturated heterocycles. The van der Waals surface area contributed by atoms with Crippen LogP contribution in [0.5, 0.6) is 11.5 Å². The number of rotatable bonds is 7. The second kappa shape index (κ2) is 8.54. The van der Waals surface area contributed by atoms with E-state index in [0.717, 1.165) is 0 Å². The van der Waals surface area contributed by atoms with Crippen molar-refractivity contribution in [1.82, 2.24) is 9.80 Å². The molecule has 1 fully saturated rings. The molecule has 0 atom stereocenters. The van der Waals surface area contributed by atoms with Crippen LogP contribution in [0.1, 0.15) is 23.7 Å². The van der Waals surface area contributed by atoms with Crippen molar-refractivity contribution in [1.29, 1.82) is 0 Å². The van der Waals surface area contributed by atoms with Crippen molar-refractivity contribution in [3.63, 3.8) is 0 Å². The van der Waals surface area contributed by atoms with Gasteiger partial charge >= 0.3 is 0 Å². The van der Waals surface area contributed by atoms with E-state index >= 15 is 0 Å². The molecule has 0 bridgehead atoms. The highest BCUT2D eigenvalue weighted by atomic mass is 16.5. The summed E-state index contributed by atoms with van der Waals surface area (Å²) in [6.07, 6.45) is 0.702. The average molecular weight is 335 g/mol. The smallest absolute Gasteiger partial charge is 0.258 e. The van der Waals surface area contributed by atoms with Crippen LogP contribution in [0.25, 0.3) is 0 Å². The molecule has 0 spiro atoms. The molecule has 0 saturated carbocycles. The number of carbonyl (C=O) groups is 2. The molecule has 7 nitrogen and oxygen atoms in total. The first-order valence-electron chi connectivity index (χ1n) is 8.18. The number of methoxy groups -OCH3 is 1. The molecule has 1 aromatic carbocycles. The molecule has 1 aliphatic rings. The normalized spacial score (nSPS) is 14.7. The molecule has 24 heavy (non-hydrogen) atoms. The fourth-order valence-electron chi connectivity index (χ4n) is 2.58. The molecule has 2 amide bonds. The summed E-state index contributed by atoms with van der Waals surface area (Å²) < 4.78 is 10.9. The zero-order valence-corrected chi connectivity index (χ0v) is 14.3. The van der Waals surface area contributed by atoms with Crippen molar-refractivity contribution in [3.05, 3.63) is 23.8 Å². The Morgan fingerprint density at radius 1 is 1.33 bits per heavy atom. The van der Waals surface area contributed by atoms with E-state index < -0.39 is 0 Å². The Kier molecular flexibility index (Phi) is 6.43. The van der Waals surface area contributed by atoms with Gasteiger partial charge in [-0.2, -0.15) is 0 Å². The van der Waals surface area contributed by atoms with Gasteiger partial charge in [-0.15, -0.1) is 0 Å². The summed E-state index contributed by atoms with van der Waals surface area (Å²) in [7, 11) is 1.54. The molecule has 1 aromatic rings.